The monoisotopic (exact) mass is 294 g/mol. The summed E-state index contributed by atoms with van der Waals surface area (Å²) in [6.07, 6.45) is 0. The van der Waals surface area contributed by atoms with Crippen molar-refractivity contribution in [1.82, 2.24) is 0 Å². The van der Waals surface area contributed by atoms with E-state index in [1.165, 1.54) is 4.99 Å². The fourth-order valence-electron chi connectivity index (χ4n) is 0.158. The van der Waals surface area contributed by atoms with Crippen LogP contribution < -0.4 is 0 Å². The van der Waals surface area contributed by atoms with Gasteiger partial charge in [0.15, 0.2) is 4.84 Å². The van der Waals surface area contributed by atoms with Gasteiger partial charge in [-0.15, -0.1) is 0 Å². The molecule has 1 nitrogen and oxygen atoms in total. The van der Waals surface area contributed by atoms with E-state index in [1.807, 2.05) is 0 Å². The lowest BCUT2D eigenvalue weighted by Gasteiger charge is -1.94. The maximum absolute atomic E-state index is 10.7. The molecule has 52 valence electrons. The van der Waals surface area contributed by atoms with Gasteiger partial charge in [0.1, 0.15) is 0 Å². The van der Waals surface area contributed by atoms with Crippen LogP contribution in [0.5, 0.6) is 0 Å². The van der Waals surface area contributed by atoms with E-state index in [2.05, 4.69) is 31.9 Å². The van der Waals surface area contributed by atoms with Gasteiger partial charge in [-0.1, -0.05) is 39.1 Å². The van der Waals surface area contributed by atoms with E-state index >= 15 is 0 Å². The van der Waals surface area contributed by atoms with Gasteiger partial charge >= 0.3 is 0 Å². The molecule has 0 atom stereocenters. The summed E-state index contributed by atoms with van der Waals surface area (Å²) in [7, 11) is 0. The minimum absolute atomic E-state index is 0.331. The van der Waals surface area contributed by atoms with Gasteiger partial charge in [-0.3, -0.25) is 4.79 Å². The number of ketones is 1. The lowest BCUT2D eigenvalue weighted by molar-refractivity contribution is -0.113. The Balaban J connectivity index is 4.06. The van der Waals surface area contributed by atoms with Crippen molar-refractivity contribution in [2.24, 2.45) is 0 Å². The van der Waals surface area contributed by atoms with Crippen molar-refractivity contribution in [3.05, 3.63) is 9.47 Å². The van der Waals surface area contributed by atoms with Gasteiger partial charge in [-0.25, -0.2) is 0 Å². The second-order valence-corrected chi connectivity index (χ2v) is 3.53. The zero-order valence-corrected chi connectivity index (χ0v) is 8.76. The smallest absolute Gasteiger partial charge is 0.203 e. The van der Waals surface area contributed by atoms with E-state index in [4.69, 9.17) is 23.2 Å². The lowest BCUT2D eigenvalue weighted by atomic mass is 10.4. The van der Waals surface area contributed by atoms with Crippen molar-refractivity contribution < 1.29 is 4.79 Å². The molecule has 0 fully saturated rings. The molecule has 0 heterocycles. The number of Topliss-reactive ketones (excluding diaryl/α,β-unsaturated/α-hetero) is 1. The first-order valence-electron chi connectivity index (χ1n) is 1.88. The summed E-state index contributed by atoms with van der Waals surface area (Å²) in [6.45, 7) is 0. The quantitative estimate of drug-likeness (QED) is 0.565. The molecule has 0 spiro atoms. The van der Waals surface area contributed by atoms with Crippen molar-refractivity contribution in [2.45, 2.75) is 4.84 Å². The number of allylic oxidation sites excluding steroid dienone is 1. The third kappa shape index (κ3) is 3.61. The van der Waals surface area contributed by atoms with Gasteiger partial charge in [0.2, 0.25) is 5.78 Å². The molecule has 0 radical (unpaired) electrons. The average Bonchev–Trinajstić information content (AvgIpc) is 1.84. The van der Waals surface area contributed by atoms with Crippen LogP contribution in [0.2, 0.25) is 0 Å². The molecule has 0 N–H and O–H groups in total. The normalized spacial score (nSPS) is 12.3. The van der Waals surface area contributed by atoms with Gasteiger partial charge in [-0.05, 0) is 20.9 Å². The fourth-order valence-corrected chi connectivity index (χ4v) is 1.11. The van der Waals surface area contributed by atoms with Crippen LogP contribution in [0.25, 0.3) is 0 Å². The van der Waals surface area contributed by atoms with Gasteiger partial charge in [-0.2, -0.15) is 0 Å². The van der Waals surface area contributed by atoms with Crippen LogP contribution in [0.1, 0.15) is 0 Å². The standard InChI is InChI=1S/C4H2Br2Cl2O/c5-1-2(6)3(9)4(7)8/h1,4H/b2-1+. The highest BCUT2D eigenvalue weighted by Crippen LogP contribution is 2.16. The summed E-state index contributed by atoms with van der Waals surface area (Å²) in [4.78, 5) is 11.1. The Morgan fingerprint density at radius 1 is 1.56 bits per heavy atom. The second kappa shape index (κ2) is 4.72. The zero-order valence-electron chi connectivity index (χ0n) is 4.07. The Labute approximate surface area is 79.6 Å². The topological polar surface area (TPSA) is 17.1 Å². The SMILES string of the molecule is O=C(/C(Br)=C\Br)C(Cl)Cl. The Morgan fingerprint density at radius 2 is 2.00 bits per heavy atom. The molecule has 0 aliphatic rings. The summed E-state index contributed by atoms with van der Waals surface area (Å²) in [5, 5.41) is 0. The van der Waals surface area contributed by atoms with E-state index in [1.54, 1.807) is 0 Å². The summed E-state index contributed by atoms with van der Waals surface area (Å²) in [6, 6.07) is 0. The minimum atomic E-state index is -0.992. The average molecular weight is 297 g/mol. The minimum Gasteiger partial charge on any atom is -0.290 e. The molecular weight excluding hydrogens is 295 g/mol. The van der Waals surface area contributed by atoms with Crippen LogP contribution in [0.4, 0.5) is 0 Å². The molecule has 9 heavy (non-hydrogen) atoms. The highest BCUT2D eigenvalue weighted by molar-refractivity contribution is 9.14. The number of hydrogen-bond acceptors (Lipinski definition) is 1. The molecule has 0 rings (SSSR count). The molecule has 0 saturated carbocycles. The van der Waals surface area contributed by atoms with Gasteiger partial charge in [0.25, 0.3) is 0 Å². The van der Waals surface area contributed by atoms with E-state index in [9.17, 15) is 4.79 Å². The van der Waals surface area contributed by atoms with E-state index in [-0.39, 0.29) is 5.78 Å². The summed E-state index contributed by atoms with van der Waals surface area (Å²) < 4.78 is 0.331. The first-order chi connectivity index (χ1) is 4.09. The number of alkyl halides is 2. The first kappa shape index (κ1) is 9.95. The van der Waals surface area contributed by atoms with E-state index in [0.717, 1.165) is 0 Å². The van der Waals surface area contributed by atoms with Crippen LogP contribution in [-0.4, -0.2) is 10.6 Å². The molecular formula is C4H2Br2Cl2O. The summed E-state index contributed by atoms with van der Waals surface area (Å²) >= 11 is 16.3. The first-order valence-corrected chi connectivity index (χ1v) is 4.46. The van der Waals surface area contributed by atoms with Crippen LogP contribution in [0.15, 0.2) is 9.47 Å². The number of rotatable bonds is 2. The summed E-state index contributed by atoms with van der Waals surface area (Å²) in [5.41, 5.74) is 0. The number of halogens is 4. The van der Waals surface area contributed by atoms with Crippen LogP contribution >= 0.6 is 55.1 Å². The predicted octanol–water partition coefficient (Wildman–Crippen LogP) is 2.99. The molecule has 0 bridgehead atoms. The molecule has 0 aliphatic heterocycles. The molecule has 0 saturated heterocycles. The van der Waals surface area contributed by atoms with Gasteiger partial charge in [0.05, 0.1) is 4.48 Å². The maximum atomic E-state index is 10.7. The number of carbonyl (C=O) groups excluding carboxylic acids is 1. The fraction of sp³-hybridized carbons (Fsp3) is 0.250. The highest BCUT2D eigenvalue weighted by atomic mass is 79.9. The van der Waals surface area contributed by atoms with Crippen LogP contribution in [-0.2, 0) is 4.79 Å². The number of carbonyl (C=O) groups is 1. The molecule has 0 amide bonds. The summed E-state index contributed by atoms with van der Waals surface area (Å²) in [5.74, 6) is -0.352. The molecule has 5 heteroatoms. The van der Waals surface area contributed by atoms with Crippen molar-refractivity contribution in [1.29, 1.82) is 0 Å². The van der Waals surface area contributed by atoms with Gasteiger partial charge < -0.3 is 0 Å². The molecule has 0 aliphatic carbocycles. The number of hydrogen-bond donors (Lipinski definition) is 0. The lowest BCUT2D eigenvalue weighted by Crippen LogP contribution is -2.06. The Kier molecular flexibility index (Phi) is 5.22. The zero-order chi connectivity index (χ0) is 7.44. The second-order valence-electron chi connectivity index (χ2n) is 1.12. The van der Waals surface area contributed by atoms with Crippen molar-refractivity contribution >= 4 is 60.8 Å². The van der Waals surface area contributed by atoms with Crippen LogP contribution in [0, 0.1) is 0 Å². The predicted molar refractivity (Wildman–Crippen MR) is 46.4 cm³/mol. The molecule has 0 unspecified atom stereocenters. The van der Waals surface area contributed by atoms with Crippen molar-refractivity contribution in [2.75, 3.05) is 0 Å². The van der Waals surface area contributed by atoms with Crippen molar-refractivity contribution in [3.63, 3.8) is 0 Å². The van der Waals surface area contributed by atoms with Crippen molar-refractivity contribution in [3.8, 4) is 0 Å². The third-order valence-electron chi connectivity index (χ3n) is 0.529. The third-order valence-corrected chi connectivity index (χ3v) is 2.62. The molecule has 0 aromatic rings. The molecule has 0 aromatic heterocycles. The highest BCUT2D eigenvalue weighted by Gasteiger charge is 2.13. The Bertz CT molecular complexity index is 144. The van der Waals surface area contributed by atoms with E-state index in [0.29, 0.717) is 4.48 Å². The van der Waals surface area contributed by atoms with Gasteiger partial charge in [0, 0.05) is 0 Å². The molecule has 0 aromatic carbocycles. The largest absolute Gasteiger partial charge is 0.290 e. The maximum Gasteiger partial charge on any atom is 0.203 e. The van der Waals surface area contributed by atoms with Crippen LogP contribution in [0.3, 0.4) is 0 Å². The van der Waals surface area contributed by atoms with E-state index < -0.39 is 4.84 Å². The Morgan fingerprint density at radius 3 is 2.11 bits per heavy atom. The Hall–Kier alpha value is 0.950.